The second kappa shape index (κ2) is 9.48. The molecule has 180 valence electrons. The number of likely N-dealkylation sites (tertiary alicyclic amines) is 1. The van der Waals surface area contributed by atoms with E-state index in [9.17, 15) is 4.79 Å². The lowest BCUT2D eigenvalue weighted by Gasteiger charge is -2.33. The van der Waals surface area contributed by atoms with Crippen molar-refractivity contribution < 1.29 is 9.53 Å². The fourth-order valence-electron chi connectivity index (χ4n) is 5.24. The summed E-state index contributed by atoms with van der Waals surface area (Å²) in [5.74, 6) is 0.885. The standard InChI is InChI=1S/C29H27N5O2/c30-16-19-3-5-20(6-4-19)17-34-12-1-2-24(18-34)31-29(35)23-7-9-26-25(15-23)28(33-32-26)22-8-10-27-21(14-22)11-13-36-27/h3-10,14-15,24H,1-2,11-13,17-18H2,(H,31,35)(H,32,33)/t24-/m1/s1. The predicted molar refractivity (Wildman–Crippen MR) is 138 cm³/mol. The molecule has 0 bridgehead atoms. The predicted octanol–water partition coefficient (Wildman–Crippen LogP) is 4.43. The van der Waals surface area contributed by atoms with E-state index in [1.54, 1.807) is 0 Å². The van der Waals surface area contributed by atoms with E-state index in [1.165, 1.54) is 11.1 Å². The van der Waals surface area contributed by atoms with Gasteiger partial charge in [-0.3, -0.25) is 14.8 Å². The molecular weight excluding hydrogens is 450 g/mol. The molecule has 2 aliphatic rings. The average molecular weight is 478 g/mol. The largest absolute Gasteiger partial charge is 0.493 e. The summed E-state index contributed by atoms with van der Waals surface area (Å²) in [7, 11) is 0. The Labute approximate surface area is 209 Å². The van der Waals surface area contributed by atoms with Crippen molar-refractivity contribution in [2.24, 2.45) is 0 Å². The molecule has 7 heteroatoms. The van der Waals surface area contributed by atoms with Crippen LogP contribution in [0.3, 0.4) is 0 Å². The highest BCUT2D eigenvalue weighted by molar-refractivity contribution is 6.01. The number of nitriles is 1. The zero-order valence-electron chi connectivity index (χ0n) is 20.0. The Hall–Kier alpha value is -4.15. The SMILES string of the molecule is N#Cc1ccc(CN2CCC[C@@H](NC(=O)c3ccc4[nH]nc(-c5ccc6c(c5)CCO6)c4c3)C2)cc1. The number of amides is 1. The molecule has 7 nitrogen and oxygen atoms in total. The zero-order valence-corrected chi connectivity index (χ0v) is 20.0. The van der Waals surface area contributed by atoms with Gasteiger partial charge in [0.05, 0.1) is 29.5 Å². The van der Waals surface area contributed by atoms with E-state index in [0.29, 0.717) is 11.1 Å². The number of hydrogen-bond donors (Lipinski definition) is 2. The topological polar surface area (TPSA) is 94.0 Å². The van der Waals surface area contributed by atoms with Crippen LogP contribution in [-0.4, -0.2) is 46.7 Å². The maximum absolute atomic E-state index is 13.2. The van der Waals surface area contributed by atoms with Gasteiger partial charge >= 0.3 is 0 Å². The lowest BCUT2D eigenvalue weighted by atomic mass is 10.0. The van der Waals surface area contributed by atoms with Crippen molar-refractivity contribution in [3.63, 3.8) is 0 Å². The monoisotopic (exact) mass is 477 g/mol. The van der Waals surface area contributed by atoms with Crippen LogP contribution in [0.25, 0.3) is 22.2 Å². The smallest absolute Gasteiger partial charge is 0.251 e. The number of H-pyrrole nitrogens is 1. The van der Waals surface area contributed by atoms with Crippen LogP contribution in [0.15, 0.2) is 60.7 Å². The molecule has 4 aromatic rings. The lowest BCUT2D eigenvalue weighted by Crippen LogP contribution is -2.47. The molecule has 1 aromatic heterocycles. The number of benzene rings is 3. The third-order valence-corrected chi connectivity index (χ3v) is 7.12. The first-order chi connectivity index (χ1) is 17.7. The van der Waals surface area contributed by atoms with Gasteiger partial charge in [-0.05, 0) is 79.0 Å². The number of nitrogens with one attached hydrogen (secondary N) is 2. The summed E-state index contributed by atoms with van der Waals surface area (Å²) >= 11 is 0. The number of hydrogen-bond acceptors (Lipinski definition) is 5. The molecule has 36 heavy (non-hydrogen) atoms. The summed E-state index contributed by atoms with van der Waals surface area (Å²) in [6, 6.07) is 21.9. The summed E-state index contributed by atoms with van der Waals surface area (Å²) in [5.41, 5.74) is 6.46. The minimum Gasteiger partial charge on any atom is -0.493 e. The maximum Gasteiger partial charge on any atom is 0.251 e. The molecule has 2 aliphatic heterocycles. The van der Waals surface area contributed by atoms with Crippen LogP contribution in [0, 0.1) is 11.3 Å². The molecule has 0 unspecified atom stereocenters. The van der Waals surface area contributed by atoms with E-state index in [2.05, 4.69) is 32.5 Å². The molecule has 1 fully saturated rings. The number of piperidine rings is 1. The van der Waals surface area contributed by atoms with E-state index in [1.807, 2.05) is 54.6 Å². The Kier molecular flexibility index (Phi) is 5.88. The minimum atomic E-state index is -0.0587. The van der Waals surface area contributed by atoms with Gasteiger partial charge in [-0.2, -0.15) is 10.4 Å². The van der Waals surface area contributed by atoms with Gasteiger partial charge in [-0.1, -0.05) is 12.1 Å². The van der Waals surface area contributed by atoms with Crippen LogP contribution >= 0.6 is 0 Å². The van der Waals surface area contributed by atoms with Crippen LogP contribution in [-0.2, 0) is 13.0 Å². The molecule has 0 radical (unpaired) electrons. The summed E-state index contributed by atoms with van der Waals surface area (Å²) < 4.78 is 5.63. The van der Waals surface area contributed by atoms with Crippen LogP contribution in [0.1, 0.15) is 39.9 Å². The first kappa shape index (κ1) is 22.3. The fraction of sp³-hybridized carbons (Fsp3) is 0.276. The summed E-state index contributed by atoms with van der Waals surface area (Å²) in [6.45, 7) is 3.34. The molecule has 3 aromatic carbocycles. The number of ether oxygens (including phenoxy) is 1. The Balaban J connectivity index is 1.16. The summed E-state index contributed by atoms with van der Waals surface area (Å²) in [4.78, 5) is 15.6. The quantitative estimate of drug-likeness (QED) is 0.444. The fourth-order valence-corrected chi connectivity index (χ4v) is 5.24. The molecule has 6 rings (SSSR count). The van der Waals surface area contributed by atoms with Crippen LogP contribution in [0.4, 0.5) is 0 Å². The lowest BCUT2D eigenvalue weighted by molar-refractivity contribution is 0.0901. The number of aromatic amines is 1. The number of aromatic nitrogens is 2. The molecule has 1 amide bonds. The van der Waals surface area contributed by atoms with Gasteiger partial charge in [-0.25, -0.2) is 0 Å². The first-order valence-electron chi connectivity index (χ1n) is 12.4. The van der Waals surface area contributed by atoms with Gasteiger partial charge in [0.15, 0.2) is 0 Å². The van der Waals surface area contributed by atoms with E-state index in [0.717, 1.165) is 73.4 Å². The van der Waals surface area contributed by atoms with E-state index in [-0.39, 0.29) is 11.9 Å². The van der Waals surface area contributed by atoms with Crippen molar-refractivity contribution in [3.05, 3.63) is 82.9 Å². The number of fused-ring (bicyclic) bond motifs is 2. The van der Waals surface area contributed by atoms with Crippen molar-refractivity contribution in [2.45, 2.75) is 31.8 Å². The molecule has 3 heterocycles. The van der Waals surface area contributed by atoms with E-state index in [4.69, 9.17) is 10.00 Å². The maximum atomic E-state index is 13.2. The number of rotatable bonds is 5. The van der Waals surface area contributed by atoms with Gasteiger partial charge in [0, 0.05) is 42.1 Å². The highest BCUT2D eigenvalue weighted by Gasteiger charge is 2.23. The number of nitrogens with zero attached hydrogens (tertiary/aromatic N) is 3. The second-order valence-corrected chi connectivity index (χ2v) is 9.61. The number of carbonyl (C=O) groups excluding carboxylic acids is 1. The Morgan fingerprint density at radius 3 is 2.92 bits per heavy atom. The van der Waals surface area contributed by atoms with Crippen molar-refractivity contribution in [1.82, 2.24) is 20.4 Å². The second-order valence-electron chi connectivity index (χ2n) is 9.61. The Morgan fingerprint density at radius 2 is 2.06 bits per heavy atom. The molecular formula is C29H27N5O2. The summed E-state index contributed by atoms with van der Waals surface area (Å²) in [5, 5.41) is 20.8. The van der Waals surface area contributed by atoms with E-state index >= 15 is 0 Å². The van der Waals surface area contributed by atoms with Gasteiger partial charge in [0.2, 0.25) is 0 Å². The molecule has 0 spiro atoms. The van der Waals surface area contributed by atoms with Crippen molar-refractivity contribution in [3.8, 4) is 23.1 Å². The average Bonchev–Trinajstić information content (AvgIpc) is 3.55. The van der Waals surface area contributed by atoms with Crippen molar-refractivity contribution >= 4 is 16.8 Å². The normalized spacial score (nSPS) is 17.4. The van der Waals surface area contributed by atoms with E-state index < -0.39 is 0 Å². The zero-order chi connectivity index (χ0) is 24.5. The Bertz CT molecular complexity index is 1470. The highest BCUT2D eigenvalue weighted by atomic mass is 16.5. The third-order valence-electron chi connectivity index (χ3n) is 7.12. The molecule has 1 atom stereocenters. The van der Waals surface area contributed by atoms with Gasteiger partial charge in [0.25, 0.3) is 5.91 Å². The highest BCUT2D eigenvalue weighted by Crippen LogP contribution is 2.33. The van der Waals surface area contributed by atoms with Gasteiger partial charge < -0.3 is 10.1 Å². The van der Waals surface area contributed by atoms with Crippen LogP contribution in [0.2, 0.25) is 0 Å². The number of carbonyl (C=O) groups is 1. The molecule has 0 aliphatic carbocycles. The molecule has 1 saturated heterocycles. The van der Waals surface area contributed by atoms with Crippen LogP contribution < -0.4 is 10.1 Å². The first-order valence-corrected chi connectivity index (χ1v) is 12.4. The Morgan fingerprint density at radius 1 is 1.17 bits per heavy atom. The minimum absolute atomic E-state index is 0.0587. The van der Waals surface area contributed by atoms with Crippen molar-refractivity contribution in [2.75, 3.05) is 19.7 Å². The van der Waals surface area contributed by atoms with Crippen LogP contribution in [0.5, 0.6) is 5.75 Å². The van der Waals surface area contributed by atoms with Crippen molar-refractivity contribution in [1.29, 1.82) is 5.26 Å². The van der Waals surface area contributed by atoms with Gasteiger partial charge in [0.1, 0.15) is 5.75 Å². The molecule has 2 N–H and O–H groups in total. The molecule has 0 saturated carbocycles. The summed E-state index contributed by atoms with van der Waals surface area (Å²) in [6.07, 6.45) is 2.91. The van der Waals surface area contributed by atoms with Gasteiger partial charge in [-0.15, -0.1) is 0 Å². The third kappa shape index (κ3) is 4.43.